The summed E-state index contributed by atoms with van der Waals surface area (Å²) < 4.78 is 11.6. The lowest BCUT2D eigenvalue weighted by molar-refractivity contribution is -0.0113. The first kappa shape index (κ1) is 18.1. The van der Waals surface area contributed by atoms with E-state index >= 15 is 0 Å². The van der Waals surface area contributed by atoms with Gasteiger partial charge in [-0.05, 0) is 61.3 Å². The number of carbonyl (C=O) groups is 1. The molecule has 2 aliphatic heterocycles. The van der Waals surface area contributed by atoms with E-state index in [2.05, 4.69) is 17.0 Å². The Labute approximate surface area is 164 Å². The van der Waals surface area contributed by atoms with Crippen LogP contribution in [0.3, 0.4) is 0 Å². The summed E-state index contributed by atoms with van der Waals surface area (Å²) in [4.78, 5) is 15.8. The highest BCUT2D eigenvalue weighted by atomic mass is 35.5. The third kappa shape index (κ3) is 4.20. The van der Waals surface area contributed by atoms with Gasteiger partial charge in [-0.25, -0.2) is 4.79 Å². The van der Waals surface area contributed by atoms with Crippen LogP contribution in [0, 0.1) is 0 Å². The molecule has 27 heavy (non-hydrogen) atoms. The molecule has 1 atom stereocenters. The Bertz CT molecular complexity index is 826. The van der Waals surface area contributed by atoms with Crippen LogP contribution in [0.1, 0.15) is 18.4 Å². The van der Waals surface area contributed by atoms with Gasteiger partial charge in [-0.3, -0.25) is 4.90 Å². The number of ether oxygens (including phenoxy) is 2. The minimum Gasteiger partial charge on any atom is -0.457 e. The molecule has 2 heterocycles. The Morgan fingerprint density at radius 1 is 1.15 bits per heavy atom. The first-order valence-electron chi connectivity index (χ1n) is 9.20. The Hall–Kier alpha value is -2.24. The van der Waals surface area contributed by atoms with E-state index in [1.54, 1.807) is 11.9 Å². The average Bonchev–Trinajstić information content (AvgIpc) is 2.90. The summed E-state index contributed by atoms with van der Waals surface area (Å²) in [5.41, 5.74) is 0.817. The highest BCUT2D eigenvalue weighted by molar-refractivity contribution is 6.30. The van der Waals surface area contributed by atoms with Crippen LogP contribution in [0.15, 0.2) is 48.5 Å². The molecule has 2 saturated heterocycles. The van der Waals surface area contributed by atoms with E-state index in [4.69, 9.17) is 21.1 Å². The molecule has 0 saturated carbocycles. The topological polar surface area (TPSA) is 42.0 Å². The molecule has 0 N–H and O–H groups in total. The molecular formula is C21H23ClN2O3. The third-order valence-corrected chi connectivity index (χ3v) is 5.37. The molecule has 6 heteroatoms. The maximum atomic E-state index is 11.8. The zero-order valence-corrected chi connectivity index (χ0v) is 16.1. The lowest BCUT2D eigenvalue weighted by atomic mass is 9.92. The number of hydrogen-bond donors (Lipinski definition) is 0. The summed E-state index contributed by atoms with van der Waals surface area (Å²) >= 11 is 5.92. The first-order chi connectivity index (χ1) is 13.0. The number of piperidine rings is 1. The van der Waals surface area contributed by atoms with Gasteiger partial charge in [-0.1, -0.05) is 23.7 Å². The van der Waals surface area contributed by atoms with Crippen molar-refractivity contribution >= 4 is 17.7 Å². The van der Waals surface area contributed by atoms with Crippen LogP contribution in [0.5, 0.6) is 11.5 Å². The second-order valence-corrected chi connectivity index (χ2v) is 7.86. The van der Waals surface area contributed by atoms with Gasteiger partial charge >= 0.3 is 6.09 Å². The van der Waals surface area contributed by atoms with E-state index in [1.807, 2.05) is 36.4 Å². The molecule has 142 valence electrons. The van der Waals surface area contributed by atoms with Crippen LogP contribution in [0.25, 0.3) is 0 Å². The van der Waals surface area contributed by atoms with Gasteiger partial charge in [0, 0.05) is 25.2 Å². The number of benzene rings is 2. The number of hydrogen-bond acceptors (Lipinski definition) is 4. The molecule has 0 aliphatic carbocycles. The van der Waals surface area contributed by atoms with Gasteiger partial charge in [0.05, 0.1) is 6.54 Å². The second-order valence-electron chi connectivity index (χ2n) is 7.42. The molecule has 0 unspecified atom stereocenters. The number of rotatable bonds is 4. The average molecular weight is 387 g/mol. The Kier molecular flexibility index (Phi) is 4.98. The van der Waals surface area contributed by atoms with Crippen LogP contribution >= 0.6 is 11.6 Å². The predicted octanol–water partition coefficient (Wildman–Crippen LogP) is 4.55. The minimum absolute atomic E-state index is 0.213. The van der Waals surface area contributed by atoms with Gasteiger partial charge < -0.3 is 14.4 Å². The van der Waals surface area contributed by atoms with Crippen LogP contribution in [-0.4, -0.2) is 48.2 Å². The number of nitrogens with zero attached hydrogens (tertiary/aromatic N) is 2. The van der Waals surface area contributed by atoms with Crippen molar-refractivity contribution in [1.82, 2.24) is 9.80 Å². The first-order valence-corrected chi connectivity index (χ1v) is 9.58. The summed E-state index contributed by atoms with van der Waals surface area (Å²) in [5, 5.41) is 0.688. The third-order valence-electron chi connectivity index (χ3n) is 5.11. The van der Waals surface area contributed by atoms with E-state index in [0.29, 0.717) is 11.6 Å². The van der Waals surface area contributed by atoms with E-state index in [0.717, 1.165) is 44.0 Å². The quantitative estimate of drug-likeness (QED) is 0.773. The zero-order chi connectivity index (χ0) is 18.9. The largest absolute Gasteiger partial charge is 0.457 e. The smallest absolute Gasteiger partial charge is 0.410 e. The van der Waals surface area contributed by atoms with Gasteiger partial charge in [0.2, 0.25) is 0 Å². The molecule has 0 bridgehead atoms. The highest BCUT2D eigenvalue weighted by Crippen LogP contribution is 2.32. The standard InChI is InChI=1S/C21H23ClN2O3/c1-23-14-21(27-20(23)25)10-3-11-24(15-21)13-16-4-2-5-19(12-16)26-18-8-6-17(22)7-9-18/h2,4-9,12H,3,10-11,13-15H2,1H3/t21-/m0/s1. The van der Waals surface area contributed by atoms with E-state index in [-0.39, 0.29) is 11.7 Å². The monoisotopic (exact) mass is 386 g/mol. The normalized spacial score (nSPS) is 22.9. The van der Waals surface area contributed by atoms with Gasteiger partial charge in [0.1, 0.15) is 17.1 Å². The molecule has 2 aromatic rings. The summed E-state index contributed by atoms with van der Waals surface area (Å²) in [6, 6.07) is 15.4. The van der Waals surface area contributed by atoms with Crippen molar-refractivity contribution < 1.29 is 14.3 Å². The highest BCUT2D eigenvalue weighted by Gasteiger charge is 2.46. The summed E-state index contributed by atoms with van der Waals surface area (Å²) in [6.07, 6.45) is 1.75. The maximum absolute atomic E-state index is 11.8. The van der Waals surface area contributed by atoms with E-state index in [9.17, 15) is 4.79 Å². The minimum atomic E-state index is -0.360. The molecule has 4 rings (SSSR count). The summed E-state index contributed by atoms with van der Waals surface area (Å²) in [6.45, 7) is 3.25. The Balaban J connectivity index is 1.42. The molecular weight excluding hydrogens is 364 g/mol. The molecule has 2 aromatic carbocycles. The van der Waals surface area contributed by atoms with Crippen molar-refractivity contribution in [2.75, 3.05) is 26.7 Å². The molecule has 0 radical (unpaired) electrons. The lowest BCUT2D eigenvalue weighted by Crippen LogP contribution is -2.50. The molecule has 2 fully saturated rings. The zero-order valence-electron chi connectivity index (χ0n) is 15.4. The van der Waals surface area contributed by atoms with Crippen molar-refractivity contribution in [3.05, 3.63) is 59.1 Å². The maximum Gasteiger partial charge on any atom is 0.410 e. The lowest BCUT2D eigenvalue weighted by Gasteiger charge is -2.38. The SMILES string of the molecule is CN1C[C@]2(CCCN(Cc3cccc(Oc4ccc(Cl)cc4)c3)C2)OC1=O. The van der Waals surface area contributed by atoms with Gasteiger partial charge in [-0.2, -0.15) is 0 Å². The van der Waals surface area contributed by atoms with E-state index in [1.165, 1.54) is 5.56 Å². The van der Waals surface area contributed by atoms with Crippen LogP contribution in [0.2, 0.25) is 5.02 Å². The van der Waals surface area contributed by atoms with Gasteiger partial charge in [0.25, 0.3) is 0 Å². The molecule has 2 aliphatic rings. The summed E-state index contributed by atoms with van der Waals surface area (Å²) in [5.74, 6) is 1.56. The van der Waals surface area contributed by atoms with Crippen LogP contribution in [0.4, 0.5) is 4.79 Å². The molecule has 5 nitrogen and oxygen atoms in total. The fourth-order valence-corrected chi connectivity index (χ4v) is 4.06. The fraction of sp³-hybridized carbons (Fsp3) is 0.381. The Morgan fingerprint density at radius 3 is 2.70 bits per heavy atom. The van der Waals surface area contributed by atoms with Crippen molar-refractivity contribution in [3.63, 3.8) is 0 Å². The molecule has 1 spiro atoms. The van der Waals surface area contributed by atoms with Crippen molar-refractivity contribution in [2.24, 2.45) is 0 Å². The second kappa shape index (κ2) is 7.41. The predicted molar refractivity (Wildman–Crippen MR) is 104 cm³/mol. The van der Waals surface area contributed by atoms with Crippen molar-refractivity contribution in [3.8, 4) is 11.5 Å². The fourth-order valence-electron chi connectivity index (χ4n) is 3.93. The van der Waals surface area contributed by atoms with Gasteiger partial charge in [-0.15, -0.1) is 0 Å². The van der Waals surface area contributed by atoms with Crippen LogP contribution < -0.4 is 4.74 Å². The number of likely N-dealkylation sites (N-methyl/N-ethyl adjacent to an activating group) is 1. The Morgan fingerprint density at radius 2 is 1.96 bits per heavy atom. The van der Waals surface area contributed by atoms with Gasteiger partial charge in [0.15, 0.2) is 0 Å². The number of carbonyl (C=O) groups excluding carboxylic acids is 1. The molecule has 0 aromatic heterocycles. The number of amides is 1. The van der Waals surface area contributed by atoms with Crippen molar-refractivity contribution in [1.29, 1.82) is 0 Å². The molecule has 1 amide bonds. The van der Waals surface area contributed by atoms with E-state index < -0.39 is 0 Å². The summed E-state index contributed by atoms with van der Waals surface area (Å²) in [7, 11) is 1.80. The number of halogens is 1. The van der Waals surface area contributed by atoms with Crippen molar-refractivity contribution in [2.45, 2.75) is 25.0 Å². The number of likely N-dealkylation sites (tertiary alicyclic amines) is 1. The van der Waals surface area contributed by atoms with Crippen LogP contribution in [-0.2, 0) is 11.3 Å².